The number of fused-ring (bicyclic) bond motifs is 1. The minimum absolute atomic E-state index is 0.0771. The lowest BCUT2D eigenvalue weighted by Crippen LogP contribution is -2.43. The summed E-state index contributed by atoms with van der Waals surface area (Å²) in [6.07, 6.45) is 3.84. The number of aryl methyl sites for hydroxylation is 1. The molecule has 5 rings (SSSR count). The van der Waals surface area contributed by atoms with Crippen LogP contribution in [-0.2, 0) is 18.6 Å². The molecule has 2 saturated carbocycles. The lowest BCUT2D eigenvalue weighted by atomic mass is 10.0. The molecule has 1 aromatic carbocycles. The Bertz CT molecular complexity index is 1350. The monoisotopic (exact) mass is 560 g/mol. The van der Waals surface area contributed by atoms with Gasteiger partial charge in [-0.05, 0) is 62.8 Å². The van der Waals surface area contributed by atoms with Gasteiger partial charge in [-0.1, -0.05) is 6.07 Å². The summed E-state index contributed by atoms with van der Waals surface area (Å²) < 4.78 is 20.5. The summed E-state index contributed by atoms with van der Waals surface area (Å²) >= 11 is 0. The van der Waals surface area contributed by atoms with Gasteiger partial charge in [0.1, 0.15) is 12.0 Å². The zero-order valence-electron chi connectivity index (χ0n) is 21.4. The molecule has 0 saturated heterocycles. The molecule has 0 bridgehead atoms. The summed E-state index contributed by atoms with van der Waals surface area (Å²) in [5.74, 6) is -0.911. The molecular weight excluding hydrogens is 531 g/mol. The zero-order valence-corrected chi connectivity index (χ0v) is 22.3. The molecule has 2 aliphatic carbocycles. The molecule has 2 fully saturated rings. The van der Waals surface area contributed by atoms with Crippen LogP contribution in [0.2, 0.25) is 0 Å². The normalized spacial score (nSPS) is 20.4. The van der Waals surface area contributed by atoms with Gasteiger partial charge in [-0.25, -0.2) is 23.8 Å². The molecule has 4 aliphatic rings. The van der Waals surface area contributed by atoms with Crippen molar-refractivity contribution in [1.29, 1.82) is 0 Å². The van der Waals surface area contributed by atoms with Crippen molar-refractivity contribution in [2.45, 2.75) is 51.6 Å². The molecule has 2 heterocycles. The molecule has 14 nitrogen and oxygen atoms in total. The number of amidine groups is 1. The highest BCUT2D eigenvalue weighted by Crippen LogP contribution is 2.37. The van der Waals surface area contributed by atoms with Crippen molar-refractivity contribution in [3.8, 4) is 0 Å². The molecule has 2 aliphatic heterocycles. The summed E-state index contributed by atoms with van der Waals surface area (Å²) in [6, 6.07) is 5.09. The van der Waals surface area contributed by atoms with E-state index in [-0.39, 0.29) is 42.0 Å². The second-order valence-electron chi connectivity index (χ2n) is 9.87. The van der Waals surface area contributed by atoms with E-state index in [1.54, 1.807) is 31.0 Å². The van der Waals surface area contributed by atoms with Crippen molar-refractivity contribution in [3.63, 3.8) is 0 Å². The first-order valence-corrected chi connectivity index (χ1v) is 14.0. The van der Waals surface area contributed by atoms with Crippen LogP contribution in [0.4, 0.5) is 10.5 Å². The molecular formula is C24H29N6O8P. The Morgan fingerprint density at radius 3 is 2.49 bits per heavy atom. The topological polar surface area (TPSA) is 182 Å². The van der Waals surface area contributed by atoms with Crippen LogP contribution in [0, 0.1) is 12.8 Å². The number of anilines is 1. The van der Waals surface area contributed by atoms with E-state index in [1.807, 2.05) is 0 Å². The van der Waals surface area contributed by atoms with Crippen LogP contribution in [0.1, 0.15) is 48.5 Å². The van der Waals surface area contributed by atoms with Crippen LogP contribution >= 0.6 is 7.82 Å². The molecule has 0 aromatic heterocycles. The molecule has 208 valence electrons. The third-order valence-electron chi connectivity index (χ3n) is 6.76. The van der Waals surface area contributed by atoms with Gasteiger partial charge in [0.15, 0.2) is 5.84 Å². The van der Waals surface area contributed by atoms with E-state index in [9.17, 15) is 18.9 Å². The lowest BCUT2D eigenvalue weighted by molar-refractivity contribution is -0.124. The Kier molecular flexibility index (Phi) is 7.29. The average Bonchev–Trinajstić information content (AvgIpc) is 3.80. The van der Waals surface area contributed by atoms with E-state index in [0.717, 1.165) is 30.6 Å². The number of carbonyl (C=O) groups excluding carboxylic acids is 3. The van der Waals surface area contributed by atoms with Crippen molar-refractivity contribution < 1.29 is 38.0 Å². The second kappa shape index (κ2) is 10.5. The van der Waals surface area contributed by atoms with Crippen molar-refractivity contribution in [2.24, 2.45) is 16.0 Å². The van der Waals surface area contributed by atoms with Gasteiger partial charge < -0.3 is 25.2 Å². The van der Waals surface area contributed by atoms with Crippen LogP contribution in [0.25, 0.3) is 0 Å². The zero-order chi connectivity index (χ0) is 27.9. The van der Waals surface area contributed by atoms with E-state index in [2.05, 4.69) is 25.3 Å². The van der Waals surface area contributed by atoms with Crippen LogP contribution in [0.5, 0.6) is 0 Å². The van der Waals surface area contributed by atoms with Gasteiger partial charge in [-0.2, -0.15) is 5.10 Å². The summed E-state index contributed by atoms with van der Waals surface area (Å²) in [5, 5.41) is 11.7. The number of hydrogen-bond donors (Lipinski definition) is 4. The highest BCUT2D eigenvalue weighted by atomic mass is 31.2. The van der Waals surface area contributed by atoms with E-state index in [1.165, 1.54) is 12.4 Å². The number of phosphoric ester groups is 1. The minimum atomic E-state index is -4.91. The Labute approximate surface area is 224 Å². The summed E-state index contributed by atoms with van der Waals surface area (Å²) in [4.78, 5) is 62.6. The van der Waals surface area contributed by atoms with Crippen LogP contribution in [0.3, 0.4) is 0 Å². The maximum absolute atomic E-state index is 13.4. The number of hydrazone groups is 1. The van der Waals surface area contributed by atoms with E-state index < -0.39 is 26.6 Å². The fourth-order valence-corrected chi connectivity index (χ4v) is 4.53. The summed E-state index contributed by atoms with van der Waals surface area (Å²) in [7, 11) is -4.91. The fraction of sp³-hybridized carbons (Fsp3) is 0.458. The highest BCUT2D eigenvalue weighted by molar-refractivity contribution is 7.46. The molecule has 4 N–H and O–H groups in total. The number of phosphoric acid groups is 1. The first-order chi connectivity index (χ1) is 18.5. The molecule has 3 amide bonds. The van der Waals surface area contributed by atoms with Crippen LogP contribution in [0.15, 0.2) is 39.6 Å². The molecule has 1 atom stereocenters. The second-order valence-corrected chi connectivity index (χ2v) is 11.1. The summed E-state index contributed by atoms with van der Waals surface area (Å²) in [6.45, 7) is 2.69. The number of ether oxygens (including phenoxy) is 1. The molecule has 15 heteroatoms. The van der Waals surface area contributed by atoms with Crippen molar-refractivity contribution in [1.82, 2.24) is 15.6 Å². The molecule has 1 aromatic rings. The van der Waals surface area contributed by atoms with Crippen molar-refractivity contribution in [2.75, 3.05) is 18.2 Å². The highest BCUT2D eigenvalue weighted by Gasteiger charge is 2.42. The third-order valence-corrected chi connectivity index (χ3v) is 7.20. The van der Waals surface area contributed by atoms with Gasteiger partial charge in [0.25, 0.3) is 5.91 Å². The third kappa shape index (κ3) is 6.19. The number of nitrogens with one attached hydrogen (secondary N) is 2. The molecule has 0 spiro atoms. The van der Waals surface area contributed by atoms with E-state index in [0.29, 0.717) is 22.4 Å². The standard InChI is InChI=1S/C24H29N6O8P/c1-13-3-4-15(22(31)27-16-5-6-16)9-19(13)30(24(33)37-12-38-39(34,35)36)21-20-14(2)18(10-29(20)26-11-25-21)23(32)28-17-7-8-17/h3-4,9,11,16-18H,5-8,10,12H2,1-2H3,(H,27,31)(H,28,32)(H2,34,35,36). The maximum atomic E-state index is 13.4. The number of rotatable bonds is 8. The lowest BCUT2D eigenvalue weighted by Gasteiger charge is -2.30. The Hall–Kier alpha value is -3.58. The van der Waals surface area contributed by atoms with E-state index in [4.69, 9.17) is 14.5 Å². The smallest absolute Gasteiger partial charge is 0.421 e. The molecule has 0 radical (unpaired) electrons. The van der Waals surface area contributed by atoms with Crippen LogP contribution < -0.4 is 15.5 Å². The Balaban J connectivity index is 1.51. The van der Waals surface area contributed by atoms with Crippen molar-refractivity contribution in [3.05, 3.63) is 40.6 Å². The average molecular weight is 561 g/mol. The van der Waals surface area contributed by atoms with Crippen LogP contribution in [-0.4, -0.2) is 70.3 Å². The van der Waals surface area contributed by atoms with Crippen molar-refractivity contribution >= 4 is 43.6 Å². The Morgan fingerprint density at radius 2 is 1.82 bits per heavy atom. The van der Waals surface area contributed by atoms with Gasteiger partial charge >= 0.3 is 13.9 Å². The number of nitrogens with zero attached hydrogens (tertiary/aromatic N) is 4. The number of benzene rings is 1. The quantitative estimate of drug-likeness (QED) is 0.272. The first-order valence-electron chi connectivity index (χ1n) is 12.5. The largest absolute Gasteiger partial charge is 0.472 e. The van der Waals surface area contributed by atoms with Gasteiger partial charge in [-0.15, -0.1) is 0 Å². The van der Waals surface area contributed by atoms with Gasteiger partial charge in [0.2, 0.25) is 12.7 Å². The van der Waals surface area contributed by atoms with Gasteiger partial charge in [0.05, 0.1) is 18.2 Å². The molecule has 1 unspecified atom stereocenters. The molecule has 39 heavy (non-hydrogen) atoms. The number of carbonyl (C=O) groups is 3. The first kappa shape index (κ1) is 27.0. The summed E-state index contributed by atoms with van der Waals surface area (Å²) in [5.41, 5.74) is 2.18. The fourth-order valence-electron chi connectivity index (χ4n) is 4.34. The predicted molar refractivity (Wildman–Crippen MR) is 139 cm³/mol. The van der Waals surface area contributed by atoms with E-state index >= 15 is 0 Å². The number of aliphatic imine (C=N–C) groups is 1. The predicted octanol–water partition coefficient (Wildman–Crippen LogP) is 1.74. The number of amides is 3. The van der Waals surface area contributed by atoms with Gasteiger partial charge in [0, 0.05) is 17.6 Å². The maximum Gasteiger partial charge on any atom is 0.472 e. The Morgan fingerprint density at radius 1 is 1.13 bits per heavy atom. The SMILES string of the molecule is CC1=C2C(N(C(=O)OCOP(=O)(O)O)c3cc(C(=O)NC4CC4)ccc3C)=NC=NN2CC1C(=O)NC1CC1. The minimum Gasteiger partial charge on any atom is -0.421 e. The van der Waals surface area contributed by atoms with Gasteiger partial charge in [-0.3, -0.25) is 14.6 Å². The number of hydrogen-bond acceptors (Lipinski definition) is 9.